The summed E-state index contributed by atoms with van der Waals surface area (Å²) in [4.78, 5) is 43.0. The number of aromatic nitrogens is 1. The number of nitrogens with zero attached hydrogens (tertiary/aromatic N) is 2. The number of pyridine rings is 1. The highest BCUT2D eigenvalue weighted by molar-refractivity contribution is 5.81. The molecule has 3 amide bonds. The van der Waals surface area contributed by atoms with Gasteiger partial charge in [-0.2, -0.15) is 0 Å². The molecule has 2 aliphatic rings. The lowest BCUT2D eigenvalue weighted by molar-refractivity contribution is -0.133. The second-order valence-corrected chi connectivity index (χ2v) is 9.40. The molecule has 186 valence electrons. The van der Waals surface area contributed by atoms with E-state index in [1.54, 1.807) is 29.4 Å². The van der Waals surface area contributed by atoms with Gasteiger partial charge >= 0.3 is 0 Å². The summed E-state index contributed by atoms with van der Waals surface area (Å²) in [5.74, 6) is -0.128. The maximum Gasteiger partial charge on any atom is 0.223 e. The molecule has 1 aromatic heterocycles. The molecule has 0 aliphatic carbocycles. The van der Waals surface area contributed by atoms with Gasteiger partial charge in [0.05, 0.1) is 7.11 Å². The van der Waals surface area contributed by atoms with Crippen molar-refractivity contribution in [2.24, 2.45) is 0 Å². The number of nitrogens with one attached hydrogen (secondary N) is 2. The zero-order chi connectivity index (χ0) is 24.8. The van der Waals surface area contributed by atoms with Crippen LogP contribution >= 0.6 is 0 Å². The molecule has 8 nitrogen and oxygen atoms in total. The van der Waals surface area contributed by atoms with Gasteiger partial charge in [0.25, 0.3) is 0 Å². The summed E-state index contributed by atoms with van der Waals surface area (Å²) >= 11 is 0. The molecule has 2 fully saturated rings. The molecular weight excluding hydrogens is 451 g/mol. The molecule has 2 aromatic rings. The van der Waals surface area contributed by atoms with Crippen LogP contribution in [0.15, 0.2) is 42.7 Å². The summed E-state index contributed by atoms with van der Waals surface area (Å²) in [5.41, 5.74) is 0.733. The van der Waals surface area contributed by atoms with Gasteiger partial charge in [0, 0.05) is 62.4 Å². The first-order valence-corrected chi connectivity index (χ1v) is 12.0. The van der Waals surface area contributed by atoms with E-state index in [-0.39, 0.29) is 30.2 Å². The van der Waals surface area contributed by atoms with Crippen molar-refractivity contribution in [2.75, 3.05) is 13.7 Å². The van der Waals surface area contributed by atoms with Gasteiger partial charge in [0.2, 0.25) is 17.7 Å². The van der Waals surface area contributed by atoms with Gasteiger partial charge in [-0.05, 0) is 55.0 Å². The van der Waals surface area contributed by atoms with Crippen LogP contribution in [0.4, 0.5) is 4.39 Å². The lowest BCUT2D eigenvalue weighted by atomic mass is 9.84. The molecule has 4 rings (SSSR count). The fourth-order valence-corrected chi connectivity index (χ4v) is 4.89. The highest BCUT2D eigenvalue weighted by atomic mass is 19.1. The summed E-state index contributed by atoms with van der Waals surface area (Å²) in [6.07, 6.45) is 6.29. The van der Waals surface area contributed by atoms with E-state index in [0.29, 0.717) is 62.9 Å². The number of carbonyl (C=O) groups is 3. The molecule has 0 bridgehead atoms. The van der Waals surface area contributed by atoms with Crippen LogP contribution in [0.25, 0.3) is 0 Å². The normalized spacial score (nSPS) is 21.5. The quantitative estimate of drug-likeness (QED) is 0.542. The van der Waals surface area contributed by atoms with Crippen molar-refractivity contribution in [3.8, 4) is 5.75 Å². The van der Waals surface area contributed by atoms with Crippen LogP contribution in [0.2, 0.25) is 0 Å². The number of halogens is 1. The van der Waals surface area contributed by atoms with Gasteiger partial charge in [-0.1, -0.05) is 6.07 Å². The second-order valence-electron chi connectivity index (χ2n) is 9.40. The number of hydrogen-bond donors (Lipinski definition) is 2. The van der Waals surface area contributed by atoms with Crippen LogP contribution in [0.1, 0.15) is 49.7 Å². The van der Waals surface area contributed by atoms with E-state index in [2.05, 4.69) is 15.6 Å². The van der Waals surface area contributed by atoms with E-state index in [9.17, 15) is 18.8 Å². The second kappa shape index (κ2) is 10.8. The first-order valence-electron chi connectivity index (χ1n) is 12.0. The van der Waals surface area contributed by atoms with E-state index < -0.39 is 11.4 Å². The Labute approximate surface area is 204 Å². The number of benzene rings is 1. The standard InChI is InChI=1S/C26H31FN4O4/c1-35-21-4-2-19(22(27)14-21)15-26(10-6-24(33)30-26)11-7-25(34)31(16-18-8-12-28-13-9-18)17-20-3-5-23(32)29-20/h2,4,8-9,12-14,20H,3,5-7,10-11,15-17H2,1H3,(H,29,32)(H,30,33)/t20-,26-/m0/s1. The van der Waals surface area contributed by atoms with Crippen molar-refractivity contribution in [3.63, 3.8) is 0 Å². The van der Waals surface area contributed by atoms with Crippen molar-refractivity contribution < 1.29 is 23.5 Å². The third kappa shape index (κ3) is 6.35. The molecule has 0 radical (unpaired) electrons. The monoisotopic (exact) mass is 482 g/mol. The van der Waals surface area contributed by atoms with Crippen LogP contribution in [0, 0.1) is 5.82 Å². The van der Waals surface area contributed by atoms with Gasteiger partial charge in [-0.3, -0.25) is 19.4 Å². The average molecular weight is 483 g/mol. The number of carbonyl (C=O) groups excluding carboxylic acids is 3. The molecule has 2 aliphatic heterocycles. The number of ether oxygens (including phenoxy) is 1. The van der Waals surface area contributed by atoms with Crippen LogP contribution in [-0.4, -0.2) is 52.8 Å². The lowest BCUT2D eigenvalue weighted by Crippen LogP contribution is -2.46. The molecule has 1 aromatic carbocycles. The minimum absolute atomic E-state index is 0.000416. The van der Waals surface area contributed by atoms with Gasteiger partial charge in [-0.15, -0.1) is 0 Å². The molecule has 2 N–H and O–H groups in total. The Morgan fingerprint density at radius 1 is 1.20 bits per heavy atom. The summed E-state index contributed by atoms with van der Waals surface area (Å²) < 4.78 is 19.8. The Hall–Kier alpha value is -3.49. The Kier molecular flexibility index (Phi) is 7.63. The summed E-state index contributed by atoms with van der Waals surface area (Å²) in [6.45, 7) is 0.819. The highest BCUT2D eigenvalue weighted by Gasteiger charge is 2.39. The molecule has 35 heavy (non-hydrogen) atoms. The smallest absolute Gasteiger partial charge is 0.223 e. The highest BCUT2D eigenvalue weighted by Crippen LogP contribution is 2.31. The Bertz CT molecular complexity index is 1080. The molecule has 9 heteroatoms. The van der Waals surface area contributed by atoms with E-state index in [4.69, 9.17) is 4.74 Å². The van der Waals surface area contributed by atoms with E-state index in [1.807, 2.05) is 12.1 Å². The summed E-state index contributed by atoms with van der Waals surface area (Å²) in [7, 11) is 1.48. The van der Waals surface area contributed by atoms with Crippen LogP contribution in [-0.2, 0) is 27.3 Å². The van der Waals surface area contributed by atoms with Gasteiger partial charge < -0.3 is 20.3 Å². The fraction of sp³-hybridized carbons (Fsp3) is 0.462. The molecule has 0 unspecified atom stereocenters. The largest absolute Gasteiger partial charge is 0.497 e. The van der Waals surface area contributed by atoms with Crippen LogP contribution < -0.4 is 15.4 Å². The predicted octanol–water partition coefficient (Wildman–Crippen LogP) is 2.51. The van der Waals surface area contributed by atoms with Crippen molar-refractivity contribution in [1.82, 2.24) is 20.5 Å². The molecule has 3 heterocycles. The van der Waals surface area contributed by atoms with Crippen molar-refractivity contribution in [3.05, 3.63) is 59.7 Å². The summed E-state index contributed by atoms with van der Waals surface area (Å²) in [6, 6.07) is 8.33. The molecule has 0 saturated carbocycles. The third-order valence-electron chi connectivity index (χ3n) is 6.84. The van der Waals surface area contributed by atoms with E-state index in [1.165, 1.54) is 13.2 Å². The minimum Gasteiger partial charge on any atom is -0.497 e. The first kappa shape index (κ1) is 24.6. The topological polar surface area (TPSA) is 101 Å². The zero-order valence-electron chi connectivity index (χ0n) is 19.9. The predicted molar refractivity (Wildman–Crippen MR) is 127 cm³/mol. The molecule has 2 saturated heterocycles. The Morgan fingerprint density at radius 2 is 2.00 bits per heavy atom. The fourth-order valence-electron chi connectivity index (χ4n) is 4.89. The number of amides is 3. The molecule has 0 spiro atoms. The van der Waals surface area contributed by atoms with Crippen LogP contribution in [0.5, 0.6) is 5.75 Å². The molecule has 2 atom stereocenters. The molecular formula is C26H31FN4O4. The van der Waals surface area contributed by atoms with E-state index in [0.717, 1.165) is 5.56 Å². The number of methoxy groups -OCH3 is 1. The SMILES string of the molecule is COc1ccc(C[C@@]2(CCC(=O)N(Cc3ccncc3)C[C@@H]3CCC(=O)N3)CCC(=O)N2)c(F)c1. The van der Waals surface area contributed by atoms with Crippen molar-refractivity contribution >= 4 is 17.7 Å². The summed E-state index contributed by atoms with van der Waals surface area (Å²) in [5, 5.41) is 5.95. The van der Waals surface area contributed by atoms with Gasteiger partial charge in [0.15, 0.2) is 0 Å². The Balaban J connectivity index is 1.47. The maximum absolute atomic E-state index is 14.7. The average Bonchev–Trinajstić information content (AvgIpc) is 3.44. The third-order valence-corrected chi connectivity index (χ3v) is 6.84. The van der Waals surface area contributed by atoms with Crippen molar-refractivity contribution in [2.45, 2.75) is 63.1 Å². The van der Waals surface area contributed by atoms with Gasteiger partial charge in [-0.25, -0.2) is 4.39 Å². The van der Waals surface area contributed by atoms with Gasteiger partial charge in [0.1, 0.15) is 11.6 Å². The number of hydrogen-bond acceptors (Lipinski definition) is 5. The Morgan fingerprint density at radius 3 is 2.63 bits per heavy atom. The first-order chi connectivity index (χ1) is 16.9. The number of rotatable bonds is 10. The maximum atomic E-state index is 14.7. The van der Waals surface area contributed by atoms with Crippen molar-refractivity contribution in [1.29, 1.82) is 0 Å². The van der Waals surface area contributed by atoms with E-state index >= 15 is 0 Å². The minimum atomic E-state index is -0.688. The lowest BCUT2D eigenvalue weighted by Gasteiger charge is -2.31. The zero-order valence-corrected chi connectivity index (χ0v) is 19.9. The van der Waals surface area contributed by atoms with Crippen LogP contribution in [0.3, 0.4) is 0 Å².